The van der Waals surface area contributed by atoms with E-state index in [4.69, 9.17) is 4.42 Å². The van der Waals surface area contributed by atoms with Gasteiger partial charge in [-0.15, -0.1) is 0 Å². The van der Waals surface area contributed by atoms with Crippen molar-refractivity contribution in [1.82, 2.24) is 4.48 Å². The maximum Gasteiger partial charge on any atom is 0.376 e. The molecule has 2 aliphatic heterocycles. The fraction of sp³-hybridized carbons (Fsp3) is 0.238. The summed E-state index contributed by atoms with van der Waals surface area (Å²) in [4.78, 5) is 2.66. The Labute approximate surface area is 394 Å². The Bertz CT molecular complexity index is 3830. The van der Waals surface area contributed by atoms with Gasteiger partial charge in [0.25, 0.3) is 0 Å². The van der Waals surface area contributed by atoms with E-state index >= 15 is 0 Å². The van der Waals surface area contributed by atoms with E-state index in [0.29, 0.717) is 0 Å². The Hall–Kier alpha value is -6.78. The van der Waals surface area contributed by atoms with Crippen molar-refractivity contribution in [2.24, 2.45) is 0 Å². The summed E-state index contributed by atoms with van der Waals surface area (Å²) in [5.41, 5.74) is 23.8. The predicted octanol–water partition coefficient (Wildman–Crippen LogP) is 15.7. The van der Waals surface area contributed by atoms with Crippen LogP contribution in [0.3, 0.4) is 0 Å². The molecule has 4 aliphatic rings. The quantitative estimate of drug-likeness (QED) is 0.161. The van der Waals surface area contributed by atoms with Crippen LogP contribution in [-0.2, 0) is 21.7 Å². The summed E-state index contributed by atoms with van der Waals surface area (Å²) in [6.07, 6.45) is 2.29. The standard InChI is InChI=1S/C63H55BN2O/c1-60(2,3)38-27-29-49(43(32-38)36-18-11-10-12-19-36)65-51-34-48-54(40-22-15-16-25-45(40)63(48,8)9)55-42-24-17-23-41-53-39-21-14-13-20-37(39)26-28-50(53)66(57(41)42)64(56(51)55)59-58(65)44-33-46-47(35-52(44)67-59)62(6,7)31-30-61(46,4)5/h10-29,32-35H,30-31H2,1-9H3. The van der Waals surface area contributed by atoms with E-state index in [1.165, 1.54) is 116 Å². The van der Waals surface area contributed by atoms with Crippen molar-refractivity contribution in [3.8, 4) is 33.4 Å². The SMILES string of the molecule is CC(C)(C)c1ccc(N2c3cc4c(c5c3B(c3oc6cc7c(cc6c32)C(C)(C)CCC7(C)C)n2c3ccc6ccccc6c3c3cccc-5c32)-c2ccccc2C4(C)C)c(-c2ccccc2)c1. The highest BCUT2D eigenvalue weighted by molar-refractivity contribution is 6.90. The second-order valence-corrected chi connectivity index (χ2v) is 23.1. The van der Waals surface area contributed by atoms with Crippen LogP contribution in [0.15, 0.2) is 150 Å². The molecule has 0 amide bonds. The maximum absolute atomic E-state index is 7.76. The van der Waals surface area contributed by atoms with Gasteiger partial charge in [0.2, 0.25) is 0 Å². The lowest BCUT2D eigenvalue weighted by Gasteiger charge is -2.42. The van der Waals surface area contributed by atoms with Gasteiger partial charge in [-0.3, -0.25) is 0 Å². The number of anilines is 3. The molecule has 0 bridgehead atoms. The largest absolute Gasteiger partial charge is 0.466 e. The molecule has 0 saturated heterocycles. The van der Waals surface area contributed by atoms with Crippen LogP contribution in [0.2, 0.25) is 0 Å². The molecular weight excluding hydrogens is 812 g/mol. The maximum atomic E-state index is 7.76. The second kappa shape index (κ2) is 12.8. The molecule has 0 atom stereocenters. The summed E-state index contributed by atoms with van der Waals surface area (Å²) < 4.78 is 10.4. The summed E-state index contributed by atoms with van der Waals surface area (Å²) >= 11 is 0. The van der Waals surface area contributed by atoms with Crippen molar-refractivity contribution < 1.29 is 4.42 Å². The highest BCUT2D eigenvalue weighted by atomic mass is 16.3. The fourth-order valence-electron chi connectivity index (χ4n) is 13.3. The second-order valence-electron chi connectivity index (χ2n) is 23.1. The topological polar surface area (TPSA) is 21.3 Å². The molecule has 0 fully saturated rings. The molecule has 8 aromatic carbocycles. The van der Waals surface area contributed by atoms with Crippen LogP contribution in [0.1, 0.15) is 103 Å². The van der Waals surface area contributed by atoms with E-state index in [1.54, 1.807) is 0 Å². The van der Waals surface area contributed by atoms with Gasteiger partial charge in [-0.2, -0.15) is 0 Å². The Morgan fingerprint density at radius 2 is 1.25 bits per heavy atom. The molecule has 0 unspecified atom stereocenters. The number of fused-ring (bicyclic) bond motifs is 16. The van der Waals surface area contributed by atoms with Gasteiger partial charge in [-0.1, -0.05) is 172 Å². The van der Waals surface area contributed by atoms with Gasteiger partial charge >= 0.3 is 6.85 Å². The first-order valence-corrected chi connectivity index (χ1v) is 24.5. The van der Waals surface area contributed by atoms with Crippen LogP contribution < -0.4 is 16.0 Å². The monoisotopic (exact) mass is 866 g/mol. The minimum atomic E-state index is -0.237. The third-order valence-electron chi connectivity index (χ3n) is 17.0. The van der Waals surface area contributed by atoms with E-state index in [9.17, 15) is 0 Å². The van der Waals surface area contributed by atoms with Crippen LogP contribution in [0.25, 0.3) is 76.9 Å². The number of rotatable bonds is 2. The molecule has 3 nitrogen and oxygen atoms in total. The first kappa shape index (κ1) is 39.4. The number of aromatic nitrogens is 1. The van der Waals surface area contributed by atoms with Crippen molar-refractivity contribution in [2.45, 2.75) is 96.8 Å². The zero-order valence-electron chi connectivity index (χ0n) is 40.2. The number of nitrogens with zero attached hydrogens (tertiary/aromatic N) is 2. The summed E-state index contributed by atoms with van der Waals surface area (Å²) in [5, 5.41) is 6.34. The first-order valence-electron chi connectivity index (χ1n) is 24.5. The minimum Gasteiger partial charge on any atom is -0.466 e. The molecule has 2 aromatic heterocycles. The normalized spacial score (nSPS) is 16.9. The van der Waals surface area contributed by atoms with Crippen molar-refractivity contribution in [3.05, 3.63) is 173 Å². The molecule has 4 heteroatoms. The van der Waals surface area contributed by atoms with Crippen molar-refractivity contribution >= 4 is 78.6 Å². The average molecular weight is 867 g/mol. The lowest BCUT2D eigenvalue weighted by atomic mass is 9.47. The molecule has 0 N–H and O–H groups in total. The van der Waals surface area contributed by atoms with Crippen molar-refractivity contribution in [1.29, 1.82) is 0 Å². The van der Waals surface area contributed by atoms with Crippen LogP contribution in [-0.4, -0.2) is 11.3 Å². The number of para-hydroxylation sites is 1. The smallest absolute Gasteiger partial charge is 0.376 e. The molecule has 14 rings (SSSR count). The minimum absolute atomic E-state index is 0.0155. The van der Waals surface area contributed by atoms with Gasteiger partial charge in [0, 0.05) is 49.4 Å². The van der Waals surface area contributed by atoms with E-state index in [1.807, 2.05) is 0 Å². The van der Waals surface area contributed by atoms with Gasteiger partial charge in [0.15, 0.2) is 0 Å². The zero-order valence-corrected chi connectivity index (χ0v) is 40.2. The Balaban J connectivity index is 1.21. The summed E-state index contributed by atoms with van der Waals surface area (Å²) in [5.74, 6) is 0. The van der Waals surface area contributed by atoms with Crippen LogP contribution >= 0.6 is 0 Å². The Morgan fingerprint density at radius 1 is 0.552 bits per heavy atom. The number of hydrogen-bond acceptors (Lipinski definition) is 2. The van der Waals surface area contributed by atoms with Crippen LogP contribution in [0.5, 0.6) is 0 Å². The Kier molecular flexibility index (Phi) is 7.53. The van der Waals surface area contributed by atoms with E-state index in [-0.39, 0.29) is 28.5 Å². The van der Waals surface area contributed by atoms with Crippen molar-refractivity contribution in [2.75, 3.05) is 4.90 Å². The molecule has 0 spiro atoms. The summed E-state index contributed by atoms with van der Waals surface area (Å²) in [6.45, 7) is 21.4. The van der Waals surface area contributed by atoms with Gasteiger partial charge in [0.1, 0.15) is 11.2 Å². The molecule has 2 aliphatic carbocycles. The van der Waals surface area contributed by atoms with E-state index in [2.05, 4.69) is 217 Å². The average Bonchev–Trinajstić information content (AvgIpc) is 3.94. The molecule has 326 valence electrons. The molecule has 10 aromatic rings. The van der Waals surface area contributed by atoms with E-state index in [0.717, 1.165) is 29.8 Å². The summed E-state index contributed by atoms with van der Waals surface area (Å²) in [7, 11) is 0. The Morgan fingerprint density at radius 3 is 2.04 bits per heavy atom. The van der Waals surface area contributed by atoms with Gasteiger partial charge < -0.3 is 13.8 Å². The lowest BCUT2D eigenvalue weighted by molar-refractivity contribution is 0.332. The third kappa shape index (κ3) is 5.04. The van der Waals surface area contributed by atoms with Gasteiger partial charge in [-0.25, -0.2) is 0 Å². The van der Waals surface area contributed by atoms with E-state index < -0.39 is 0 Å². The summed E-state index contributed by atoms with van der Waals surface area (Å²) in [6, 6.07) is 55.9. The van der Waals surface area contributed by atoms with Gasteiger partial charge in [0.05, 0.1) is 11.4 Å². The highest BCUT2D eigenvalue weighted by Crippen LogP contribution is 2.59. The number of furan rings is 1. The molecule has 0 radical (unpaired) electrons. The number of benzene rings is 8. The highest BCUT2D eigenvalue weighted by Gasteiger charge is 2.51. The fourth-order valence-corrected chi connectivity index (χ4v) is 13.3. The predicted molar refractivity (Wildman–Crippen MR) is 284 cm³/mol. The van der Waals surface area contributed by atoms with Crippen molar-refractivity contribution in [3.63, 3.8) is 0 Å². The molecular formula is C63H55BN2O. The first-order chi connectivity index (χ1) is 32.1. The third-order valence-corrected chi connectivity index (χ3v) is 17.0. The molecule has 0 saturated carbocycles. The molecule has 4 heterocycles. The van der Waals surface area contributed by atoms with Crippen LogP contribution in [0.4, 0.5) is 17.1 Å². The molecule has 67 heavy (non-hydrogen) atoms. The number of hydrogen-bond donors (Lipinski definition) is 0. The van der Waals surface area contributed by atoms with Gasteiger partial charge in [-0.05, 0) is 132 Å². The lowest BCUT2D eigenvalue weighted by Crippen LogP contribution is -2.56. The zero-order chi connectivity index (χ0) is 45.7. The van der Waals surface area contributed by atoms with Crippen LogP contribution in [0, 0.1) is 0 Å².